The normalized spacial score (nSPS) is 18.0. The maximum absolute atomic E-state index is 12.3. The van der Waals surface area contributed by atoms with Crippen molar-refractivity contribution in [3.05, 3.63) is 22.7 Å². The van der Waals surface area contributed by atoms with Gasteiger partial charge in [0.2, 0.25) is 5.91 Å². The van der Waals surface area contributed by atoms with E-state index in [0.717, 1.165) is 30.2 Å². The predicted molar refractivity (Wildman–Crippen MR) is 89.5 cm³/mol. The summed E-state index contributed by atoms with van der Waals surface area (Å²) in [7, 11) is -1.40. The second kappa shape index (κ2) is 7.94. The third-order valence-electron chi connectivity index (χ3n) is 3.70. The summed E-state index contributed by atoms with van der Waals surface area (Å²) in [4.78, 5) is 12.6. The van der Waals surface area contributed by atoms with Crippen molar-refractivity contribution in [3.8, 4) is 0 Å². The molecule has 1 unspecified atom stereocenters. The van der Waals surface area contributed by atoms with Crippen LogP contribution >= 0.6 is 15.9 Å². The third kappa shape index (κ3) is 5.11. The first kappa shape index (κ1) is 16.5. The highest BCUT2D eigenvalue weighted by molar-refractivity contribution is 9.10. The van der Waals surface area contributed by atoms with Crippen LogP contribution in [0.15, 0.2) is 27.6 Å². The highest BCUT2D eigenvalue weighted by Crippen LogP contribution is 2.22. The molecule has 2 rings (SSSR count). The SMILES string of the molecule is Nc1cc(Br)ccc1S(=O)CC(=O)NC1CCCCCC1. The minimum Gasteiger partial charge on any atom is -0.398 e. The third-order valence-corrected chi connectivity index (χ3v) is 5.58. The maximum Gasteiger partial charge on any atom is 0.233 e. The van der Waals surface area contributed by atoms with E-state index < -0.39 is 10.8 Å². The average molecular weight is 373 g/mol. The lowest BCUT2D eigenvalue weighted by atomic mass is 10.1. The first-order valence-corrected chi connectivity index (χ1v) is 9.40. The van der Waals surface area contributed by atoms with E-state index >= 15 is 0 Å². The van der Waals surface area contributed by atoms with Gasteiger partial charge in [0.05, 0.1) is 15.7 Å². The number of anilines is 1. The number of hydrogen-bond acceptors (Lipinski definition) is 3. The molecule has 0 heterocycles. The van der Waals surface area contributed by atoms with Gasteiger partial charge in [-0.05, 0) is 31.0 Å². The van der Waals surface area contributed by atoms with Gasteiger partial charge in [-0.3, -0.25) is 9.00 Å². The zero-order valence-corrected chi connectivity index (χ0v) is 14.3. The van der Waals surface area contributed by atoms with E-state index in [1.54, 1.807) is 18.2 Å². The summed E-state index contributed by atoms with van der Waals surface area (Å²) in [6, 6.07) is 5.43. The fraction of sp³-hybridized carbons (Fsp3) is 0.533. The van der Waals surface area contributed by atoms with E-state index in [2.05, 4.69) is 21.2 Å². The molecular formula is C15H21BrN2O2S. The largest absolute Gasteiger partial charge is 0.398 e. The van der Waals surface area contributed by atoms with E-state index in [9.17, 15) is 9.00 Å². The smallest absolute Gasteiger partial charge is 0.233 e. The topological polar surface area (TPSA) is 72.2 Å². The van der Waals surface area contributed by atoms with Gasteiger partial charge in [-0.15, -0.1) is 0 Å². The molecular weight excluding hydrogens is 352 g/mol. The van der Waals surface area contributed by atoms with E-state index in [-0.39, 0.29) is 17.7 Å². The Kier molecular flexibility index (Phi) is 6.23. The number of nitrogens with two attached hydrogens (primary N) is 1. The number of carbonyl (C=O) groups is 1. The predicted octanol–water partition coefficient (Wildman–Crippen LogP) is 2.98. The van der Waals surface area contributed by atoms with Crippen molar-refractivity contribution >= 4 is 38.3 Å². The minimum absolute atomic E-state index is 0.0255. The van der Waals surface area contributed by atoms with Gasteiger partial charge in [-0.25, -0.2) is 0 Å². The van der Waals surface area contributed by atoms with Crippen molar-refractivity contribution in [2.45, 2.75) is 49.5 Å². The fourth-order valence-electron chi connectivity index (χ4n) is 2.62. The minimum atomic E-state index is -1.40. The van der Waals surface area contributed by atoms with E-state index in [4.69, 9.17) is 5.73 Å². The van der Waals surface area contributed by atoms with Crippen molar-refractivity contribution in [2.75, 3.05) is 11.5 Å². The number of hydrogen-bond donors (Lipinski definition) is 2. The Morgan fingerprint density at radius 2 is 1.95 bits per heavy atom. The van der Waals surface area contributed by atoms with Crippen LogP contribution in [0, 0.1) is 0 Å². The molecule has 0 spiro atoms. The van der Waals surface area contributed by atoms with Crippen LogP contribution in [0.25, 0.3) is 0 Å². The van der Waals surface area contributed by atoms with E-state index in [1.807, 2.05) is 0 Å². The molecule has 3 N–H and O–H groups in total. The van der Waals surface area contributed by atoms with Gasteiger partial charge < -0.3 is 11.1 Å². The molecule has 1 aromatic rings. The van der Waals surface area contributed by atoms with Crippen LogP contribution in [-0.2, 0) is 15.6 Å². The van der Waals surface area contributed by atoms with Crippen LogP contribution in [0.1, 0.15) is 38.5 Å². The zero-order valence-electron chi connectivity index (χ0n) is 11.9. The van der Waals surface area contributed by atoms with Gasteiger partial charge in [0, 0.05) is 16.2 Å². The van der Waals surface area contributed by atoms with Gasteiger partial charge in [0.15, 0.2) is 0 Å². The molecule has 1 aromatic carbocycles. The van der Waals surface area contributed by atoms with Crippen LogP contribution in [0.2, 0.25) is 0 Å². The van der Waals surface area contributed by atoms with Crippen LogP contribution < -0.4 is 11.1 Å². The number of benzene rings is 1. The number of amides is 1. The summed E-state index contributed by atoms with van der Waals surface area (Å²) >= 11 is 3.31. The molecule has 0 radical (unpaired) electrons. The number of halogens is 1. The van der Waals surface area contributed by atoms with Crippen LogP contribution in [0.4, 0.5) is 5.69 Å². The first-order chi connectivity index (χ1) is 10.1. The van der Waals surface area contributed by atoms with E-state index in [0.29, 0.717) is 10.6 Å². The Labute approximate surface area is 136 Å². The Hall–Kier alpha value is -0.880. The Bertz CT molecular complexity index is 528. The first-order valence-electron chi connectivity index (χ1n) is 7.29. The Balaban J connectivity index is 1.90. The standard InChI is InChI=1S/C15H21BrN2O2S/c16-11-7-8-14(13(17)9-11)21(20)10-15(19)18-12-5-3-1-2-4-6-12/h7-9,12H,1-6,10,17H2,(H,18,19). The molecule has 0 aromatic heterocycles. The summed E-state index contributed by atoms with van der Waals surface area (Å²) < 4.78 is 13.1. The molecule has 1 amide bonds. The molecule has 1 aliphatic rings. The molecule has 1 saturated carbocycles. The average Bonchev–Trinajstić information content (AvgIpc) is 2.66. The lowest BCUT2D eigenvalue weighted by molar-refractivity contribution is -0.119. The maximum atomic E-state index is 12.3. The number of nitrogen functional groups attached to an aromatic ring is 1. The highest BCUT2D eigenvalue weighted by Gasteiger charge is 2.18. The van der Waals surface area contributed by atoms with Gasteiger partial charge in [-0.1, -0.05) is 41.6 Å². The summed E-state index contributed by atoms with van der Waals surface area (Å²) in [6.07, 6.45) is 6.86. The Morgan fingerprint density at radius 3 is 2.57 bits per heavy atom. The molecule has 0 aliphatic heterocycles. The van der Waals surface area contributed by atoms with Gasteiger partial charge in [0.25, 0.3) is 0 Å². The molecule has 0 saturated heterocycles. The number of carbonyl (C=O) groups excluding carboxylic acids is 1. The second-order valence-corrected chi connectivity index (χ2v) is 7.76. The van der Waals surface area contributed by atoms with Crippen molar-refractivity contribution in [2.24, 2.45) is 0 Å². The van der Waals surface area contributed by atoms with Crippen molar-refractivity contribution in [1.29, 1.82) is 0 Å². The van der Waals surface area contributed by atoms with Gasteiger partial charge in [0.1, 0.15) is 5.75 Å². The molecule has 0 bridgehead atoms. The zero-order chi connectivity index (χ0) is 15.2. The lowest BCUT2D eigenvalue weighted by Crippen LogP contribution is -2.37. The summed E-state index contributed by atoms with van der Waals surface area (Å²) in [5.74, 6) is -0.176. The quantitative estimate of drug-likeness (QED) is 0.630. The molecule has 1 aliphatic carbocycles. The second-order valence-electron chi connectivity index (χ2n) is 5.43. The van der Waals surface area contributed by atoms with Gasteiger partial charge >= 0.3 is 0 Å². The molecule has 116 valence electrons. The van der Waals surface area contributed by atoms with Crippen molar-refractivity contribution in [1.82, 2.24) is 5.32 Å². The van der Waals surface area contributed by atoms with Crippen LogP contribution in [0.3, 0.4) is 0 Å². The highest BCUT2D eigenvalue weighted by atomic mass is 79.9. The lowest BCUT2D eigenvalue weighted by Gasteiger charge is -2.16. The summed E-state index contributed by atoms with van der Waals surface area (Å²) in [5, 5.41) is 3.01. The van der Waals surface area contributed by atoms with Crippen LogP contribution in [0.5, 0.6) is 0 Å². The van der Waals surface area contributed by atoms with Crippen LogP contribution in [-0.4, -0.2) is 21.9 Å². The van der Waals surface area contributed by atoms with Gasteiger partial charge in [-0.2, -0.15) is 0 Å². The fourth-order valence-corrected chi connectivity index (χ4v) is 4.01. The Morgan fingerprint density at radius 1 is 1.29 bits per heavy atom. The van der Waals surface area contributed by atoms with Crippen molar-refractivity contribution < 1.29 is 9.00 Å². The van der Waals surface area contributed by atoms with E-state index in [1.165, 1.54) is 12.8 Å². The monoisotopic (exact) mass is 372 g/mol. The number of nitrogens with one attached hydrogen (secondary N) is 1. The molecule has 21 heavy (non-hydrogen) atoms. The molecule has 4 nitrogen and oxygen atoms in total. The van der Waals surface area contributed by atoms with Crippen molar-refractivity contribution in [3.63, 3.8) is 0 Å². The molecule has 6 heteroatoms. The molecule has 1 atom stereocenters. The molecule has 1 fully saturated rings. The summed E-state index contributed by atoms with van der Waals surface area (Å²) in [6.45, 7) is 0. The summed E-state index contributed by atoms with van der Waals surface area (Å²) in [5.41, 5.74) is 6.30. The number of rotatable bonds is 4.